The van der Waals surface area contributed by atoms with Crippen LogP contribution in [-0.2, 0) is 13.2 Å². The maximum Gasteiger partial charge on any atom is 0.251 e. The number of nitrogens with one attached hydrogen (secondary N) is 1. The van der Waals surface area contributed by atoms with Crippen LogP contribution in [-0.4, -0.2) is 12.5 Å². The van der Waals surface area contributed by atoms with Crippen molar-refractivity contribution in [3.63, 3.8) is 0 Å². The van der Waals surface area contributed by atoms with E-state index in [1.807, 2.05) is 32.9 Å². The van der Waals surface area contributed by atoms with Crippen molar-refractivity contribution < 1.29 is 14.3 Å². The maximum absolute atomic E-state index is 12.7. The van der Waals surface area contributed by atoms with Gasteiger partial charge in [0, 0.05) is 27.7 Å². The zero-order valence-electron chi connectivity index (χ0n) is 17.8. The van der Waals surface area contributed by atoms with Crippen LogP contribution in [0.5, 0.6) is 11.5 Å². The van der Waals surface area contributed by atoms with Gasteiger partial charge in [-0.2, -0.15) is 0 Å². The van der Waals surface area contributed by atoms with Crippen LogP contribution in [0.25, 0.3) is 0 Å². The molecule has 0 spiro atoms. The summed E-state index contributed by atoms with van der Waals surface area (Å²) >= 11 is 12.1. The van der Waals surface area contributed by atoms with Crippen LogP contribution in [0.15, 0.2) is 54.6 Å². The molecule has 3 aromatic rings. The Hall–Kier alpha value is -2.69. The first-order valence-corrected chi connectivity index (χ1v) is 10.8. The molecule has 3 rings (SSSR count). The number of hydrogen-bond donors (Lipinski definition) is 1. The highest BCUT2D eigenvalue weighted by atomic mass is 35.5. The van der Waals surface area contributed by atoms with Crippen molar-refractivity contribution >= 4 is 29.1 Å². The molecule has 0 saturated heterocycles. The molecule has 0 bridgehead atoms. The molecule has 6 heteroatoms. The van der Waals surface area contributed by atoms with Crippen molar-refractivity contribution in [2.75, 3.05) is 6.61 Å². The van der Waals surface area contributed by atoms with E-state index >= 15 is 0 Å². The Morgan fingerprint density at radius 3 is 2.32 bits per heavy atom. The Labute approximate surface area is 193 Å². The Morgan fingerprint density at radius 2 is 1.65 bits per heavy atom. The van der Waals surface area contributed by atoms with Crippen LogP contribution in [0.1, 0.15) is 39.5 Å². The minimum absolute atomic E-state index is 0.207. The molecule has 0 fully saturated rings. The molecule has 4 nitrogen and oxygen atoms in total. The standard InChI is InChI=1S/C25H25Cl2NO3/c1-4-30-24-8-6-18(25(29)28-14-19-5-7-21(26)13-23(19)27)12-20(24)15-31-22-10-16(2)9-17(3)11-22/h5-13H,4,14-15H2,1-3H3,(H,28,29). The van der Waals surface area contributed by atoms with Gasteiger partial charge < -0.3 is 14.8 Å². The average molecular weight is 458 g/mol. The van der Waals surface area contributed by atoms with E-state index in [0.717, 1.165) is 28.0 Å². The molecular formula is C25H25Cl2NO3. The molecular weight excluding hydrogens is 433 g/mol. The molecule has 0 saturated carbocycles. The summed E-state index contributed by atoms with van der Waals surface area (Å²) in [6.45, 7) is 7.10. The zero-order valence-corrected chi connectivity index (χ0v) is 19.3. The summed E-state index contributed by atoms with van der Waals surface area (Å²) in [5.74, 6) is 1.28. The number of halogens is 2. The second-order valence-corrected chi connectivity index (χ2v) is 8.13. The highest BCUT2D eigenvalue weighted by molar-refractivity contribution is 6.35. The summed E-state index contributed by atoms with van der Waals surface area (Å²) in [6, 6.07) is 16.6. The van der Waals surface area contributed by atoms with E-state index in [0.29, 0.717) is 41.1 Å². The van der Waals surface area contributed by atoms with Gasteiger partial charge in [0.05, 0.1) is 6.61 Å². The number of carbonyl (C=O) groups excluding carboxylic acids is 1. The van der Waals surface area contributed by atoms with Gasteiger partial charge in [0.2, 0.25) is 0 Å². The molecule has 0 unspecified atom stereocenters. The van der Waals surface area contributed by atoms with E-state index in [4.69, 9.17) is 32.7 Å². The van der Waals surface area contributed by atoms with E-state index < -0.39 is 0 Å². The fourth-order valence-corrected chi connectivity index (χ4v) is 3.73. The Kier molecular flexibility index (Phi) is 7.83. The average Bonchev–Trinajstić information content (AvgIpc) is 2.71. The third-order valence-corrected chi connectivity index (χ3v) is 5.25. The third kappa shape index (κ3) is 6.39. The quantitative estimate of drug-likeness (QED) is 0.418. The van der Waals surface area contributed by atoms with Crippen LogP contribution >= 0.6 is 23.2 Å². The first-order chi connectivity index (χ1) is 14.9. The summed E-state index contributed by atoms with van der Waals surface area (Å²) in [6.07, 6.45) is 0. The molecule has 0 atom stereocenters. The molecule has 0 aliphatic carbocycles. The molecule has 0 aliphatic rings. The van der Waals surface area contributed by atoms with Crippen molar-refractivity contribution in [1.29, 1.82) is 0 Å². The molecule has 0 radical (unpaired) electrons. The lowest BCUT2D eigenvalue weighted by Gasteiger charge is -2.14. The molecule has 1 amide bonds. The van der Waals surface area contributed by atoms with E-state index in [-0.39, 0.29) is 5.91 Å². The van der Waals surface area contributed by atoms with Crippen molar-refractivity contribution in [3.05, 3.63) is 92.5 Å². The minimum atomic E-state index is -0.207. The lowest BCUT2D eigenvalue weighted by molar-refractivity contribution is 0.0950. The van der Waals surface area contributed by atoms with Gasteiger partial charge in [0.15, 0.2) is 0 Å². The molecule has 0 aromatic heterocycles. The van der Waals surface area contributed by atoms with Crippen LogP contribution in [0, 0.1) is 13.8 Å². The minimum Gasteiger partial charge on any atom is -0.493 e. The van der Waals surface area contributed by atoms with E-state index in [1.54, 1.807) is 36.4 Å². The van der Waals surface area contributed by atoms with E-state index in [9.17, 15) is 4.79 Å². The third-order valence-electron chi connectivity index (χ3n) is 4.67. The molecule has 0 heterocycles. The number of carbonyl (C=O) groups is 1. The normalized spacial score (nSPS) is 10.6. The monoisotopic (exact) mass is 457 g/mol. The lowest BCUT2D eigenvalue weighted by atomic mass is 10.1. The largest absolute Gasteiger partial charge is 0.493 e. The highest BCUT2D eigenvalue weighted by Crippen LogP contribution is 2.25. The SMILES string of the molecule is CCOc1ccc(C(=O)NCc2ccc(Cl)cc2Cl)cc1COc1cc(C)cc(C)c1. The van der Waals surface area contributed by atoms with Gasteiger partial charge in [-0.05, 0) is 79.9 Å². The van der Waals surface area contributed by atoms with Gasteiger partial charge in [-0.3, -0.25) is 4.79 Å². The van der Waals surface area contributed by atoms with Gasteiger partial charge in [-0.15, -0.1) is 0 Å². The molecule has 1 N–H and O–H groups in total. The van der Waals surface area contributed by atoms with Crippen LogP contribution in [0.2, 0.25) is 10.0 Å². The maximum atomic E-state index is 12.7. The number of rotatable bonds is 8. The van der Waals surface area contributed by atoms with Gasteiger partial charge in [0.25, 0.3) is 5.91 Å². The van der Waals surface area contributed by atoms with E-state index in [2.05, 4.69) is 11.4 Å². The number of benzene rings is 3. The second kappa shape index (κ2) is 10.6. The first kappa shape index (κ1) is 23.0. The summed E-state index contributed by atoms with van der Waals surface area (Å²) < 4.78 is 11.7. The zero-order chi connectivity index (χ0) is 22.4. The van der Waals surface area contributed by atoms with Crippen LogP contribution < -0.4 is 14.8 Å². The van der Waals surface area contributed by atoms with Crippen LogP contribution in [0.4, 0.5) is 0 Å². The fourth-order valence-electron chi connectivity index (χ4n) is 3.25. The van der Waals surface area contributed by atoms with Crippen molar-refractivity contribution in [2.24, 2.45) is 0 Å². The number of hydrogen-bond acceptors (Lipinski definition) is 3. The Bertz CT molecular complexity index is 1060. The first-order valence-electron chi connectivity index (χ1n) is 10.0. The topological polar surface area (TPSA) is 47.6 Å². The predicted molar refractivity (Wildman–Crippen MR) is 125 cm³/mol. The summed E-state index contributed by atoms with van der Waals surface area (Å²) in [7, 11) is 0. The van der Waals surface area contributed by atoms with Gasteiger partial charge in [-0.25, -0.2) is 0 Å². The van der Waals surface area contributed by atoms with Crippen LogP contribution in [0.3, 0.4) is 0 Å². The highest BCUT2D eigenvalue weighted by Gasteiger charge is 2.12. The Balaban J connectivity index is 1.74. The molecule has 31 heavy (non-hydrogen) atoms. The number of ether oxygens (including phenoxy) is 2. The predicted octanol–water partition coefficient (Wildman–Crippen LogP) is 6.52. The fraction of sp³-hybridized carbons (Fsp3) is 0.240. The van der Waals surface area contributed by atoms with E-state index in [1.165, 1.54) is 0 Å². The smallest absolute Gasteiger partial charge is 0.251 e. The Morgan fingerprint density at radius 1 is 0.903 bits per heavy atom. The van der Waals surface area contributed by atoms with Crippen molar-refractivity contribution in [3.8, 4) is 11.5 Å². The summed E-state index contributed by atoms with van der Waals surface area (Å²) in [5.41, 5.74) is 4.39. The lowest BCUT2D eigenvalue weighted by Crippen LogP contribution is -2.23. The van der Waals surface area contributed by atoms with Crippen molar-refractivity contribution in [2.45, 2.75) is 33.9 Å². The number of amides is 1. The van der Waals surface area contributed by atoms with Gasteiger partial charge >= 0.3 is 0 Å². The molecule has 3 aromatic carbocycles. The summed E-state index contributed by atoms with van der Waals surface area (Å²) in [4.78, 5) is 12.7. The second-order valence-electron chi connectivity index (χ2n) is 7.29. The van der Waals surface area contributed by atoms with Gasteiger partial charge in [-0.1, -0.05) is 35.3 Å². The van der Waals surface area contributed by atoms with Crippen molar-refractivity contribution in [1.82, 2.24) is 5.32 Å². The number of aryl methyl sites for hydroxylation is 2. The molecule has 162 valence electrons. The summed E-state index contributed by atoms with van der Waals surface area (Å²) in [5, 5.41) is 3.97. The van der Waals surface area contributed by atoms with Gasteiger partial charge in [0.1, 0.15) is 18.1 Å². The molecule has 0 aliphatic heterocycles.